The van der Waals surface area contributed by atoms with Crippen LogP contribution < -0.4 is 15.8 Å². The first-order valence-electron chi connectivity index (χ1n) is 12.4. The van der Waals surface area contributed by atoms with Crippen LogP contribution in [0.5, 0.6) is 0 Å². The van der Waals surface area contributed by atoms with Gasteiger partial charge in [0.15, 0.2) is 0 Å². The summed E-state index contributed by atoms with van der Waals surface area (Å²) in [6.07, 6.45) is -0.561. The van der Waals surface area contributed by atoms with Crippen molar-refractivity contribution in [2.24, 2.45) is 9.98 Å². The molecule has 1 aliphatic rings. The molecule has 200 valence electrons. The molecule has 0 aromatic heterocycles. The van der Waals surface area contributed by atoms with E-state index >= 15 is 0 Å². The minimum Gasteiger partial charge on any atom is -0.445 e. The monoisotopic (exact) mass is 526 g/mol. The SMILES string of the molecule is CN(C)CC=NCC(=O)NN1C(=O)C(NC(=O)OCc2ccccc2)N=C(c2ccccc2)c2ccccc21. The van der Waals surface area contributed by atoms with Crippen LogP contribution in [0.2, 0.25) is 0 Å². The van der Waals surface area contributed by atoms with E-state index < -0.39 is 24.1 Å². The second-order valence-corrected chi connectivity index (χ2v) is 8.96. The molecule has 3 amide bonds. The molecule has 0 bridgehead atoms. The van der Waals surface area contributed by atoms with E-state index in [4.69, 9.17) is 4.74 Å². The number of aliphatic imine (C=N–C) groups is 2. The topological polar surface area (TPSA) is 116 Å². The van der Waals surface area contributed by atoms with Crippen molar-refractivity contribution in [2.45, 2.75) is 12.8 Å². The summed E-state index contributed by atoms with van der Waals surface area (Å²) in [7, 11) is 3.78. The minimum atomic E-state index is -1.37. The molecular weight excluding hydrogens is 496 g/mol. The average Bonchev–Trinajstić information content (AvgIpc) is 3.06. The Morgan fingerprint density at radius 2 is 1.67 bits per heavy atom. The lowest BCUT2D eigenvalue weighted by Gasteiger charge is -2.25. The molecule has 4 rings (SSSR count). The molecule has 0 saturated heterocycles. The van der Waals surface area contributed by atoms with Crippen LogP contribution in [-0.4, -0.2) is 68.1 Å². The smallest absolute Gasteiger partial charge is 0.409 e. The van der Waals surface area contributed by atoms with Crippen molar-refractivity contribution in [3.8, 4) is 0 Å². The van der Waals surface area contributed by atoms with Gasteiger partial charge in [-0.25, -0.2) is 14.8 Å². The number of carbonyl (C=O) groups is 3. The van der Waals surface area contributed by atoms with Crippen molar-refractivity contribution in [3.05, 3.63) is 102 Å². The number of hydrogen-bond acceptors (Lipinski definition) is 7. The first-order chi connectivity index (χ1) is 18.9. The Hall–Kier alpha value is -4.83. The maximum Gasteiger partial charge on any atom is 0.409 e. The fraction of sp³-hybridized carbons (Fsp3) is 0.207. The molecule has 10 nitrogen and oxygen atoms in total. The molecule has 1 heterocycles. The van der Waals surface area contributed by atoms with Gasteiger partial charge in [0.1, 0.15) is 13.2 Å². The molecule has 0 radical (unpaired) electrons. The number of benzene rings is 3. The molecule has 0 saturated carbocycles. The number of amides is 3. The summed E-state index contributed by atoms with van der Waals surface area (Å²) in [6.45, 7) is 0.419. The largest absolute Gasteiger partial charge is 0.445 e. The molecule has 39 heavy (non-hydrogen) atoms. The Morgan fingerprint density at radius 3 is 2.38 bits per heavy atom. The maximum atomic E-state index is 13.7. The van der Waals surface area contributed by atoms with Crippen molar-refractivity contribution >= 4 is 35.5 Å². The van der Waals surface area contributed by atoms with Crippen LogP contribution in [0.3, 0.4) is 0 Å². The zero-order chi connectivity index (χ0) is 27.6. The highest BCUT2D eigenvalue weighted by molar-refractivity contribution is 6.20. The Balaban J connectivity index is 1.62. The molecule has 0 spiro atoms. The van der Waals surface area contributed by atoms with Crippen LogP contribution in [0.1, 0.15) is 16.7 Å². The standard InChI is InChI=1S/C29H30N6O4/c1-34(2)18-17-30-19-25(36)33-35-24-16-10-9-15-23(24)26(22-13-7-4-8-14-22)31-27(28(35)37)32-29(38)39-20-21-11-5-3-6-12-21/h3-17,27H,18-20H2,1-2H3,(H,32,38)(H,33,36). The van der Waals surface area contributed by atoms with Gasteiger partial charge in [0.25, 0.3) is 11.8 Å². The van der Waals surface area contributed by atoms with Crippen molar-refractivity contribution < 1.29 is 19.1 Å². The summed E-state index contributed by atoms with van der Waals surface area (Å²) in [5.74, 6) is -1.16. The van der Waals surface area contributed by atoms with E-state index in [2.05, 4.69) is 20.7 Å². The third kappa shape index (κ3) is 7.36. The summed E-state index contributed by atoms with van der Waals surface area (Å²) in [5.41, 5.74) is 5.68. The molecule has 3 aromatic rings. The summed E-state index contributed by atoms with van der Waals surface area (Å²) in [5, 5.41) is 3.67. The van der Waals surface area contributed by atoms with Gasteiger partial charge in [0, 0.05) is 23.9 Å². The number of rotatable bonds is 9. The molecule has 1 atom stereocenters. The van der Waals surface area contributed by atoms with Gasteiger partial charge in [0.2, 0.25) is 6.17 Å². The summed E-state index contributed by atoms with van der Waals surface area (Å²) in [6, 6.07) is 25.6. The van der Waals surface area contributed by atoms with Gasteiger partial charge >= 0.3 is 6.09 Å². The van der Waals surface area contributed by atoms with E-state index in [1.165, 1.54) is 0 Å². The lowest BCUT2D eigenvalue weighted by molar-refractivity contribution is -0.126. The number of carbonyl (C=O) groups excluding carboxylic acids is 3. The van der Waals surface area contributed by atoms with E-state index in [1.54, 1.807) is 24.4 Å². The average molecular weight is 527 g/mol. The van der Waals surface area contributed by atoms with E-state index in [0.29, 0.717) is 23.5 Å². The highest BCUT2D eigenvalue weighted by atomic mass is 16.5. The molecule has 1 aliphatic heterocycles. The summed E-state index contributed by atoms with van der Waals surface area (Å²) < 4.78 is 5.34. The van der Waals surface area contributed by atoms with E-state index in [1.807, 2.05) is 85.7 Å². The van der Waals surface area contributed by atoms with Gasteiger partial charge in [-0.05, 0) is 25.7 Å². The number of benzodiazepines with no additional fused rings is 1. The Labute approximate surface area is 227 Å². The van der Waals surface area contributed by atoms with Crippen LogP contribution in [0.4, 0.5) is 10.5 Å². The number of nitrogens with zero attached hydrogens (tertiary/aromatic N) is 4. The lowest BCUT2D eigenvalue weighted by atomic mass is 10.0. The molecule has 0 fully saturated rings. The van der Waals surface area contributed by atoms with Gasteiger partial charge < -0.3 is 9.64 Å². The second-order valence-electron chi connectivity index (χ2n) is 8.96. The van der Waals surface area contributed by atoms with Crippen molar-refractivity contribution in [3.63, 3.8) is 0 Å². The molecule has 1 unspecified atom stereocenters. The third-order valence-corrected chi connectivity index (χ3v) is 5.67. The third-order valence-electron chi connectivity index (χ3n) is 5.67. The number of nitrogens with one attached hydrogen (secondary N) is 2. The Kier molecular flexibility index (Phi) is 9.15. The van der Waals surface area contributed by atoms with Crippen LogP contribution in [0, 0.1) is 0 Å². The molecule has 3 aromatic carbocycles. The predicted octanol–water partition coefficient (Wildman–Crippen LogP) is 2.79. The van der Waals surface area contributed by atoms with Crippen LogP contribution in [0.15, 0.2) is 94.9 Å². The highest BCUT2D eigenvalue weighted by Gasteiger charge is 2.34. The zero-order valence-electron chi connectivity index (χ0n) is 21.8. The normalized spacial score (nSPS) is 14.9. The number of ether oxygens (including phenoxy) is 1. The number of alkyl carbamates (subject to hydrolysis) is 1. The number of anilines is 1. The predicted molar refractivity (Wildman–Crippen MR) is 150 cm³/mol. The van der Waals surface area contributed by atoms with Crippen molar-refractivity contribution in [1.82, 2.24) is 15.6 Å². The molecule has 0 aliphatic carbocycles. The van der Waals surface area contributed by atoms with Gasteiger partial charge in [-0.2, -0.15) is 0 Å². The van der Waals surface area contributed by atoms with E-state index in [0.717, 1.165) is 16.1 Å². The van der Waals surface area contributed by atoms with Crippen molar-refractivity contribution in [2.75, 3.05) is 32.2 Å². The second kappa shape index (κ2) is 13.1. The number of hydrogen-bond donors (Lipinski definition) is 2. The Morgan fingerprint density at radius 1 is 1.00 bits per heavy atom. The highest BCUT2D eigenvalue weighted by Crippen LogP contribution is 2.27. The number of fused-ring (bicyclic) bond motifs is 1. The van der Waals surface area contributed by atoms with Crippen molar-refractivity contribution in [1.29, 1.82) is 0 Å². The lowest BCUT2D eigenvalue weighted by Crippen LogP contribution is -2.54. The maximum absolute atomic E-state index is 13.7. The first-order valence-corrected chi connectivity index (χ1v) is 12.4. The number of para-hydroxylation sites is 1. The fourth-order valence-corrected chi connectivity index (χ4v) is 3.80. The van der Waals surface area contributed by atoms with Gasteiger partial charge in [-0.1, -0.05) is 78.9 Å². The molecule has 10 heteroatoms. The first kappa shape index (κ1) is 27.2. The quantitative estimate of drug-likeness (QED) is 0.416. The fourth-order valence-electron chi connectivity index (χ4n) is 3.80. The van der Waals surface area contributed by atoms with Gasteiger partial charge in [-0.15, -0.1) is 0 Å². The van der Waals surface area contributed by atoms with Gasteiger partial charge in [0.05, 0.1) is 11.4 Å². The molecular formula is C29H30N6O4. The molecule has 2 N–H and O–H groups in total. The van der Waals surface area contributed by atoms with E-state index in [-0.39, 0.29) is 13.2 Å². The minimum absolute atomic E-state index is 0.0223. The van der Waals surface area contributed by atoms with E-state index in [9.17, 15) is 14.4 Å². The van der Waals surface area contributed by atoms with Crippen LogP contribution in [0.25, 0.3) is 0 Å². The van der Waals surface area contributed by atoms with Crippen LogP contribution >= 0.6 is 0 Å². The zero-order valence-corrected chi connectivity index (χ0v) is 21.8. The summed E-state index contributed by atoms with van der Waals surface area (Å²) in [4.78, 5) is 49.9. The Bertz CT molecular complexity index is 1360. The summed E-state index contributed by atoms with van der Waals surface area (Å²) >= 11 is 0. The van der Waals surface area contributed by atoms with Gasteiger partial charge in [-0.3, -0.25) is 25.3 Å². The number of hydrazine groups is 1. The van der Waals surface area contributed by atoms with Crippen LogP contribution in [-0.2, 0) is 20.9 Å².